The van der Waals surface area contributed by atoms with Crippen molar-refractivity contribution in [1.82, 2.24) is 20.0 Å². The molecule has 0 aliphatic rings. The molecule has 0 atom stereocenters. The molecule has 2 aromatic rings. The highest BCUT2D eigenvalue weighted by atomic mass is 15.3. The second-order valence-corrected chi connectivity index (χ2v) is 8.57. The molecule has 122 valence electrons. The number of aryl methyl sites for hydroxylation is 1. The maximum Gasteiger partial charge on any atom is 0.109 e. The van der Waals surface area contributed by atoms with Crippen LogP contribution in [0.4, 0.5) is 0 Å². The topological polar surface area (TPSA) is 46.5 Å². The van der Waals surface area contributed by atoms with Crippen molar-refractivity contribution in [3.8, 4) is 5.69 Å². The summed E-state index contributed by atoms with van der Waals surface area (Å²) in [6.07, 6.45) is 0. The molecule has 0 aromatic carbocycles. The third kappa shape index (κ3) is 2.96. The number of nitrogens with one attached hydrogen (secondary N) is 1. The molecule has 0 bridgehead atoms. The van der Waals surface area contributed by atoms with E-state index in [-0.39, 0.29) is 10.8 Å². The molecule has 1 N–H and O–H groups in total. The average Bonchev–Trinajstić information content (AvgIpc) is 2.89. The largest absolute Gasteiger partial charge is 0.280 e. The number of H-pyrrole nitrogens is 1. The van der Waals surface area contributed by atoms with Gasteiger partial charge in [-0.2, -0.15) is 10.2 Å². The highest BCUT2D eigenvalue weighted by molar-refractivity contribution is 5.46. The second kappa shape index (κ2) is 5.25. The third-order valence-corrected chi connectivity index (χ3v) is 3.93. The van der Waals surface area contributed by atoms with Crippen molar-refractivity contribution < 1.29 is 0 Å². The van der Waals surface area contributed by atoms with Crippen molar-refractivity contribution in [3.05, 3.63) is 28.8 Å². The molecule has 4 heteroatoms. The summed E-state index contributed by atoms with van der Waals surface area (Å²) in [7, 11) is 0. The second-order valence-electron chi connectivity index (χ2n) is 8.57. The number of aromatic nitrogens is 4. The molecular formula is C18H30N4. The van der Waals surface area contributed by atoms with Crippen molar-refractivity contribution in [2.75, 3.05) is 0 Å². The minimum Gasteiger partial charge on any atom is -0.280 e. The Bertz CT molecular complexity index is 660. The maximum atomic E-state index is 4.94. The van der Waals surface area contributed by atoms with Gasteiger partial charge in [0, 0.05) is 16.5 Å². The summed E-state index contributed by atoms with van der Waals surface area (Å²) >= 11 is 0. The van der Waals surface area contributed by atoms with Crippen LogP contribution >= 0.6 is 0 Å². The molecule has 0 radical (unpaired) electrons. The monoisotopic (exact) mass is 302 g/mol. The molecule has 22 heavy (non-hydrogen) atoms. The fraction of sp³-hybridized carbons (Fsp3) is 0.667. The molecule has 0 aliphatic carbocycles. The van der Waals surface area contributed by atoms with Crippen LogP contribution in [0.5, 0.6) is 0 Å². The first-order valence-electron chi connectivity index (χ1n) is 8.09. The highest BCUT2D eigenvalue weighted by Gasteiger charge is 2.28. The number of nitrogens with zero attached hydrogens (tertiary/aromatic N) is 3. The van der Waals surface area contributed by atoms with Crippen molar-refractivity contribution in [2.24, 2.45) is 0 Å². The molecule has 0 amide bonds. The van der Waals surface area contributed by atoms with E-state index in [9.17, 15) is 0 Å². The summed E-state index contributed by atoms with van der Waals surface area (Å²) in [4.78, 5) is 0. The Hall–Kier alpha value is -1.58. The Labute approximate surface area is 134 Å². The Morgan fingerprint density at radius 3 is 2.09 bits per heavy atom. The zero-order valence-electron chi connectivity index (χ0n) is 15.5. The zero-order chi connectivity index (χ0) is 16.9. The van der Waals surface area contributed by atoms with Gasteiger partial charge in [0.15, 0.2) is 0 Å². The molecule has 0 unspecified atom stereocenters. The van der Waals surface area contributed by atoms with Crippen molar-refractivity contribution in [2.45, 2.75) is 79.1 Å². The van der Waals surface area contributed by atoms with Crippen LogP contribution in [0.3, 0.4) is 0 Å². The SMILES string of the molecule is Cc1[nH]nc(C(C)(C)C)c1-n1nc(C(C)(C)C)cc1C(C)C. The van der Waals surface area contributed by atoms with E-state index < -0.39 is 0 Å². The van der Waals surface area contributed by atoms with E-state index in [2.05, 4.69) is 83.3 Å². The lowest BCUT2D eigenvalue weighted by molar-refractivity contribution is 0.547. The number of rotatable bonds is 2. The fourth-order valence-electron chi connectivity index (χ4n) is 2.56. The molecule has 0 fully saturated rings. The molecule has 0 aliphatic heterocycles. The highest BCUT2D eigenvalue weighted by Crippen LogP contribution is 2.33. The molecule has 2 rings (SSSR count). The smallest absolute Gasteiger partial charge is 0.109 e. The average molecular weight is 302 g/mol. The lowest BCUT2D eigenvalue weighted by Crippen LogP contribution is -2.18. The summed E-state index contributed by atoms with van der Waals surface area (Å²) in [5.41, 5.74) is 5.60. The summed E-state index contributed by atoms with van der Waals surface area (Å²) in [6, 6.07) is 2.24. The molecule has 0 spiro atoms. The Kier molecular flexibility index (Phi) is 4.01. The predicted molar refractivity (Wildman–Crippen MR) is 91.9 cm³/mol. The molecule has 4 nitrogen and oxygen atoms in total. The lowest BCUT2D eigenvalue weighted by atomic mass is 9.90. The van der Waals surface area contributed by atoms with Gasteiger partial charge in [-0.25, -0.2) is 4.68 Å². The van der Waals surface area contributed by atoms with Crippen LogP contribution in [0.2, 0.25) is 0 Å². The van der Waals surface area contributed by atoms with Gasteiger partial charge in [-0.05, 0) is 18.9 Å². The number of aromatic amines is 1. The van der Waals surface area contributed by atoms with Gasteiger partial charge in [0.1, 0.15) is 5.69 Å². The van der Waals surface area contributed by atoms with E-state index in [1.807, 2.05) is 0 Å². The number of hydrogen-bond acceptors (Lipinski definition) is 2. The quantitative estimate of drug-likeness (QED) is 0.879. The van der Waals surface area contributed by atoms with E-state index in [1.54, 1.807) is 0 Å². The van der Waals surface area contributed by atoms with E-state index in [1.165, 1.54) is 5.69 Å². The Balaban J connectivity index is 2.73. The Morgan fingerprint density at radius 1 is 1.05 bits per heavy atom. The summed E-state index contributed by atoms with van der Waals surface area (Å²) in [5, 5.41) is 12.6. The van der Waals surface area contributed by atoms with Crippen LogP contribution in [0.1, 0.15) is 84.1 Å². The van der Waals surface area contributed by atoms with Crippen LogP contribution in [0.25, 0.3) is 5.69 Å². The fourth-order valence-corrected chi connectivity index (χ4v) is 2.56. The van der Waals surface area contributed by atoms with E-state index in [0.717, 1.165) is 22.8 Å². The zero-order valence-corrected chi connectivity index (χ0v) is 15.5. The van der Waals surface area contributed by atoms with Gasteiger partial charge in [-0.3, -0.25) is 5.10 Å². The standard InChI is InChI=1S/C18H30N4/c1-11(2)13-10-14(17(4,5)6)21-22(13)15-12(3)19-20-16(15)18(7,8)9/h10-11H,1-9H3,(H,19,20). The summed E-state index contributed by atoms with van der Waals surface area (Å²) < 4.78 is 2.10. The molecule has 0 saturated heterocycles. The maximum absolute atomic E-state index is 4.94. The van der Waals surface area contributed by atoms with Crippen LogP contribution in [0.15, 0.2) is 6.07 Å². The minimum atomic E-state index is -0.0256. The van der Waals surface area contributed by atoms with E-state index >= 15 is 0 Å². The lowest BCUT2D eigenvalue weighted by Gasteiger charge is -2.19. The minimum absolute atomic E-state index is 0.0256. The van der Waals surface area contributed by atoms with E-state index in [4.69, 9.17) is 5.10 Å². The van der Waals surface area contributed by atoms with Crippen LogP contribution in [0, 0.1) is 6.92 Å². The van der Waals surface area contributed by atoms with Gasteiger partial charge in [0.2, 0.25) is 0 Å². The molecule has 2 aromatic heterocycles. The van der Waals surface area contributed by atoms with Crippen LogP contribution in [-0.4, -0.2) is 20.0 Å². The van der Waals surface area contributed by atoms with Crippen molar-refractivity contribution in [3.63, 3.8) is 0 Å². The van der Waals surface area contributed by atoms with Crippen molar-refractivity contribution >= 4 is 0 Å². The first-order valence-corrected chi connectivity index (χ1v) is 8.09. The van der Waals surface area contributed by atoms with Crippen LogP contribution < -0.4 is 0 Å². The van der Waals surface area contributed by atoms with Gasteiger partial charge >= 0.3 is 0 Å². The van der Waals surface area contributed by atoms with Gasteiger partial charge in [0.05, 0.1) is 17.1 Å². The number of hydrogen-bond donors (Lipinski definition) is 1. The van der Waals surface area contributed by atoms with Gasteiger partial charge in [0.25, 0.3) is 0 Å². The van der Waals surface area contributed by atoms with Gasteiger partial charge in [-0.15, -0.1) is 0 Å². The third-order valence-electron chi connectivity index (χ3n) is 3.93. The predicted octanol–water partition coefficient (Wildman–Crippen LogP) is 4.62. The van der Waals surface area contributed by atoms with Gasteiger partial charge < -0.3 is 0 Å². The Morgan fingerprint density at radius 2 is 1.64 bits per heavy atom. The first-order chi connectivity index (χ1) is 9.93. The normalized spacial score (nSPS) is 13.2. The molecule has 2 heterocycles. The van der Waals surface area contributed by atoms with E-state index in [0.29, 0.717) is 5.92 Å². The van der Waals surface area contributed by atoms with Crippen molar-refractivity contribution in [1.29, 1.82) is 0 Å². The molecular weight excluding hydrogens is 272 g/mol. The first kappa shape index (κ1) is 16.8. The van der Waals surface area contributed by atoms with Gasteiger partial charge in [-0.1, -0.05) is 55.4 Å². The molecule has 0 saturated carbocycles. The summed E-state index contributed by atoms with van der Waals surface area (Å²) in [6.45, 7) is 19.7. The van der Waals surface area contributed by atoms with Crippen LogP contribution in [-0.2, 0) is 10.8 Å². The summed E-state index contributed by atoms with van der Waals surface area (Å²) in [5.74, 6) is 0.408.